The number of rotatable bonds is 3. The highest BCUT2D eigenvalue weighted by Gasteiger charge is 2.34. The zero-order valence-electron chi connectivity index (χ0n) is 16.5. The fourth-order valence-corrected chi connectivity index (χ4v) is 3.29. The van der Waals surface area contributed by atoms with Gasteiger partial charge in [-0.15, -0.1) is 0 Å². The van der Waals surface area contributed by atoms with E-state index in [9.17, 15) is 35.9 Å². The topological polar surface area (TPSA) is 42.3 Å². The van der Waals surface area contributed by atoms with Gasteiger partial charge in [-0.25, -0.2) is 13.2 Å². The van der Waals surface area contributed by atoms with Gasteiger partial charge in [0.2, 0.25) is 0 Å². The Labute approximate surface area is 172 Å². The molecule has 1 amide bonds. The van der Waals surface area contributed by atoms with E-state index in [1.54, 1.807) is 0 Å². The Bertz CT molecular complexity index is 1250. The number of halogens is 6. The number of fused-ring (bicyclic) bond motifs is 1. The van der Waals surface area contributed by atoms with Gasteiger partial charge in [-0.1, -0.05) is 0 Å². The molecule has 0 saturated heterocycles. The minimum absolute atomic E-state index is 0.0766. The van der Waals surface area contributed by atoms with Gasteiger partial charge < -0.3 is 9.47 Å². The number of pyridine rings is 1. The molecule has 1 unspecified atom stereocenters. The first-order valence-electron chi connectivity index (χ1n) is 8.95. The van der Waals surface area contributed by atoms with Crippen LogP contribution in [-0.2, 0) is 13.2 Å². The average Bonchev–Trinajstić information content (AvgIpc) is 2.69. The van der Waals surface area contributed by atoms with E-state index in [4.69, 9.17) is 0 Å². The third kappa shape index (κ3) is 4.01. The average molecular weight is 442 g/mol. The van der Waals surface area contributed by atoms with Crippen LogP contribution in [0.2, 0.25) is 0 Å². The van der Waals surface area contributed by atoms with Gasteiger partial charge in [0, 0.05) is 25.9 Å². The molecule has 2 aromatic carbocycles. The fourth-order valence-electron chi connectivity index (χ4n) is 3.29. The molecule has 10 heteroatoms. The van der Waals surface area contributed by atoms with Crippen LogP contribution >= 0.6 is 0 Å². The minimum atomic E-state index is -4.90. The summed E-state index contributed by atoms with van der Waals surface area (Å²) in [5.41, 5.74) is -2.12. The first kappa shape index (κ1) is 22.4. The van der Waals surface area contributed by atoms with E-state index in [-0.39, 0.29) is 16.3 Å². The summed E-state index contributed by atoms with van der Waals surface area (Å²) in [5.74, 6) is -4.79. The van der Waals surface area contributed by atoms with Gasteiger partial charge in [-0.05, 0) is 48.2 Å². The molecule has 0 aliphatic carbocycles. The maximum atomic E-state index is 13.9. The second kappa shape index (κ2) is 7.75. The van der Waals surface area contributed by atoms with Crippen molar-refractivity contribution < 1.29 is 31.1 Å². The van der Waals surface area contributed by atoms with Crippen molar-refractivity contribution in [3.05, 3.63) is 81.0 Å². The maximum Gasteiger partial charge on any atom is 0.419 e. The summed E-state index contributed by atoms with van der Waals surface area (Å²) >= 11 is 0. The van der Waals surface area contributed by atoms with Crippen LogP contribution in [0, 0.1) is 17.5 Å². The summed E-state index contributed by atoms with van der Waals surface area (Å²) in [6.45, 7) is 1.53. The molecule has 3 aromatic rings. The Hall–Kier alpha value is -3.30. The van der Waals surface area contributed by atoms with E-state index < -0.39 is 46.7 Å². The van der Waals surface area contributed by atoms with Crippen LogP contribution in [-0.4, -0.2) is 22.4 Å². The summed E-state index contributed by atoms with van der Waals surface area (Å²) in [7, 11) is 2.71. The van der Waals surface area contributed by atoms with Crippen molar-refractivity contribution in [1.29, 1.82) is 0 Å². The lowest BCUT2D eigenvalue weighted by Crippen LogP contribution is -2.31. The van der Waals surface area contributed by atoms with Crippen molar-refractivity contribution in [1.82, 2.24) is 9.47 Å². The molecule has 0 bridgehead atoms. The number of aromatic nitrogens is 1. The molecule has 0 saturated carbocycles. The predicted molar refractivity (Wildman–Crippen MR) is 101 cm³/mol. The van der Waals surface area contributed by atoms with Gasteiger partial charge in [0.05, 0.1) is 17.0 Å². The quantitative estimate of drug-likeness (QED) is 0.547. The number of alkyl halides is 3. The molecule has 1 aromatic heterocycles. The van der Waals surface area contributed by atoms with Crippen molar-refractivity contribution in [2.24, 2.45) is 7.05 Å². The molecule has 164 valence electrons. The van der Waals surface area contributed by atoms with Crippen LogP contribution in [0.1, 0.15) is 34.5 Å². The summed E-state index contributed by atoms with van der Waals surface area (Å²) in [4.78, 5) is 26.2. The molecule has 1 atom stereocenters. The van der Waals surface area contributed by atoms with Gasteiger partial charge in [-0.2, -0.15) is 13.2 Å². The number of hydrogen-bond acceptors (Lipinski definition) is 2. The van der Waals surface area contributed by atoms with Crippen LogP contribution in [0.4, 0.5) is 26.3 Å². The molecule has 0 N–H and O–H groups in total. The second-order valence-corrected chi connectivity index (χ2v) is 7.10. The predicted octanol–water partition coefficient (Wildman–Crippen LogP) is 4.81. The first-order chi connectivity index (χ1) is 14.3. The standard InChI is InChI=1S/C21H16F6N2O2/c1-10(14-9-28(2)20(31)13-8-18(24)17(23)7-12(13)14)29(3)19(30)11-4-5-15(16(22)6-11)21(25,26)27/h4-10H,1-3H3. The van der Waals surface area contributed by atoms with E-state index in [0.29, 0.717) is 17.7 Å². The minimum Gasteiger partial charge on any atom is -0.335 e. The molecule has 3 rings (SSSR count). The van der Waals surface area contributed by atoms with Crippen molar-refractivity contribution in [3.8, 4) is 0 Å². The Balaban J connectivity index is 2.04. The van der Waals surface area contributed by atoms with E-state index in [1.807, 2.05) is 0 Å². The van der Waals surface area contributed by atoms with E-state index in [1.165, 1.54) is 27.2 Å². The Kier molecular flexibility index (Phi) is 5.60. The van der Waals surface area contributed by atoms with Gasteiger partial charge in [0.1, 0.15) is 5.82 Å². The summed E-state index contributed by atoms with van der Waals surface area (Å²) in [5, 5.41) is -0.0278. The van der Waals surface area contributed by atoms with Crippen LogP contribution in [0.5, 0.6) is 0 Å². The lowest BCUT2D eigenvalue weighted by Gasteiger charge is -2.27. The lowest BCUT2D eigenvalue weighted by molar-refractivity contribution is -0.140. The number of aryl methyl sites for hydroxylation is 1. The van der Waals surface area contributed by atoms with Gasteiger partial charge in [0.25, 0.3) is 11.5 Å². The van der Waals surface area contributed by atoms with Gasteiger partial charge >= 0.3 is 6.18 Å². The van der Waals surface area contributed by atoms with Crippen molar-refractivity contribution >= 4 is 16.7 Å². The third-order valence-electron chi connectivity index (χ3n) is 5.13. The molecular formula is C21H16F6N2O2. The van der Waals surface area contributed by atoms with Crippen LogP contribution < -0.4 is 5.56 Å². The van der Waals surface area contributed by atoms with Crippen molar-refractivity contribution in [2.45, 2.75) is 19.1 Å². The molecular weight excluding hydrogens is 426 g/mol. The summed E-state index contributed by atoms with van der Waals surface area (Å²) < 4.78 is 80.7. The van der Waals surface area contributed by atoms with Crippen molar-refractivity contribution in [2.75, 3.05) is 7.05 Å². The molecule has 0 spiro atoms. The number of carbonyl (C=O) groups excluding carboxylic acids is 1. The van der Waals surface area contributed by atoms with Gasteiger partial charge in [-0.3, -0.25) is 9.59 Å². The largest absolute Gasteiger partial charge is 0.419 e. The smallest absolute Gasteiger partial charge is 0.335 e. The highest BCUT2D eigenvalue weighted by Crippen LogP contribution is 2.32. The second-order valence-electron chi connectivity index (χ2n) is 7.10. The monoisotopic (exact) mass is 442 g/mol. The molecule has 1 heterocycles. The normalized spacial score (nSPS) is 12.8. The number of benzene rings is 2. The fraction of sp³-hybridized carbons (Fsp3) is 0.238. The van der Waals surface area contributed by atoms with E-state index >= 15 is 0 Å². The van der Waals surface area contributed by atoms with Gasteiger partial charge in [0.15, 0.2) is 11.6 Å². The molecule has 0 aliphatic heterocycles. The van der Waals surface area contributed by atoms with Crippen LogP contribution in [0.3, 0.4) is 0 Å². The summed E-state index contributed by atoms with van der Waals surface area (Å²) in [6.07, 6.45) is -3.55. The SMILES string of the molecule is CC(c1cn(C)c(=O)c2cc(F)c(F)cc12)N(C)C(=O)c1ccc(C(F)(F)F)c(F)c1. The number of hydrogen-bond donors (Lipinski definition) is 0. The van der Waals surface area contributed by atoms with E-state index in [2.05, 4.69) is 0 Å². The highest BCUT2D eigenvalue weighted by molar-refractivity contribution is 5.95. The number of carbonyl (C=O) groups is 1. The van der Waals surface area contributed by atoms with E-state index in [0.717, 1.165) is 27.7 Å². The molecule has 0 fully saturated rings. The first-order valence-corrected chi connectivity index (χ1v) is 8.95. The lowest BCUT2D eigenvalue weighted by atomic mass is 10.00. The Morgan fingerprint density at radius 3 is 2.13 bits per heavy atom. The third-order valence-corrected chi connectivity index (χ3v) is 5.13. The Morgan fingerprint density at radius 2 is 1.58 bits per heavy atom. The molecule has 0 aliphatic rings. The number of nitrogens with zero attached hydrogens (tertiary/aromatic N) is 2. The maximum absolute atomic E-state index is 13.9. The number of amides is 1. The highest BCUT2D eigenvalue weighted by atomic mass is 19.4. The molecule has 31 heavy (non-hydrogen) atoms. The zero-order chi connectivity index (χ0) is 23.2. The molecule has 4 nitrogen and oxygen atoms in total. The summed E-state index contributed by atoms with van der Waals surface area (Å²) in [6, 6.07) is 2.59. The van der Waals surface area contributed by atoms with Crippen molar-refractivity contribution in [3.63, 3.8) is 0 Å². The zero-order valence-corrected chi connectivity index (χ0v) is 16.5. The van der Waals surface area contributed by atoms with Crippen LogP contribution in [0.25, 0.3) is 10.8 Å². The molecule has 0 radical (unpaired) electrons. The Morgan fingerprint density at radius 1 is 1.00 bits per heavy atom. The van der Waals surface area contributed by atoms with Crippen LogP contribution in [0.15, 0.2) is 41.3 Å².